The van der Waals surface area contributed by atoms with E-state index in [9.17, 15) is 13.2 Å². The highest BCUT2D eigenvalue weighted by Gasteiger charge is 2.50. The van der Waals surface area contributed by atoms with Crippen LogP contribution in [0.25, 0.3) is 16.7 Å². The van der Waals surface area contributed by atoms with Crippen LogP contribution in [0.15, 0.2) is 30.3 Å². The average Bonchev–Trinajstić information content (AvgIpc) is 3.60. The predicted octanol–water partition coefficient (Wildman–Crippen LogP) is 5.76. The van der Waals surface area contributed by atoms with Gasteiger partial charge in [0.15, 0.2) is 11.6 Å². The molecule has 0 saturated heterocycles. The summed E-state index contributed by atoms with van der Waals surface area (Å²) in [6.45, 7) is 2.57. The number of hydrogen-bond acceptors (Lipinski definition) is 5. The van der Waals surface area contributed by atoms with Crippen molar-refractivity contribution in [2.75, 3.05) is 18.1 Å². The number of ether oxygens (including phenoxy) is 1. The highest BCUT2D eigenvalue weighted by molar-refractivity contribution is 5.95. The SMILES string of the molecule is Cc1nnc2nc(N3CCCOc4c(CCC5(C(F)F)CC5)cccc43)c3c(F)c(F)ccc3n12. The van der Waals surface area contributed by atoms with Gasteiger partial charge in [0.25, 0.3) is 5.78 Å². The molecule has 6 rings (SSSR count). The van der Waals surface area contributed by atoms with Gasteiger partial charge >= 0.3 is 0 Å². The maximum Gasteiger partial charge on any atom is 0.257 e. The quantitative estimate of drug-likeness (QED) is 0.336. The van der Waals surface area contributed by atoms with Crippen LogP contribution in [0, 0.1) is 24.0 Å². The molecule has 2 aromatic heterocycles. The molecule has 1 aliphatic carbocycles. The van der Waals surface area contributed by atoms with E-state index in [1.807, 2.05) is 18.2 Å². The van der Waals surface area contributed by atoms with E-state index in [1.165, 1.54) is 6.07 Å². The largest absolute Gasteiger partial charge is 0.491 e. The van der Waals surface area contributed by atoms with Crippen LogP contribution in [0.2, 0.25) is 0 Å². The maximum absolute atomic E-state index is 15.3. The molecule has 0 unspecified atom stereocenters. The van der Waals surface area contributed by atoms with E-state index in [0.29, 0.717) is 68.0 Å². The number of aryl methyl sites for hydroxylation is 2. The minimum atomic E-state index is -2.34. The van der Waals surface area contributed by atoms with E-state index in [1.54, 1.807) is 16.2 Å². The zero-order valence-corrected chi connectivity index (χ0v) is 19.1. The standard InChI is InChI=1S/C25H23F4N5O/c1-14-31-32-24-30-22(19-17(34(14)24)7-6-16(26)20(19)27)33-12-3-13-35-21-15(4-2-5-18(21)33)8-9-25(10-11-25)23(28)29/h2,4-7,23H,3,8-13H2,1H3. The van der Waals surface area contributed by atoms with Crippen molar-refractivity contribution in [2.45, 2.75) is 45.5 Å². The van der Waals surface area contributed by atoms with Crippen LogP contribution in [-0.2, 0) is 6.42 Å². The molecule has 0 atom stereocenters. The Bertz CT molecular complexity index is 1450. The molecule has 0 radical (unpaired) electrons. The molecule has 2 aromatic carbocycles. The minimum absolute atomic E-state index is 0.0216. The van der Waals surface area contributed by atoms with Gasteiger partial charge in [-0.25, -0.2) is 17.6 Å². The molecule has 3 heterocycles. The molecule has 1 fully saturated rings. The molecular formula is C25H23F4N5O. The third-order valence-corrected chi connectivity index (χ3v) is 7.19. The Morgan fingerprint density at radius 2 is 1.94 bits per heavy atom. The van der Waals surface area contributed by atoms with Gasteiger partial charge in [-0.1, -0.05) is 12.1 Å². The summed E-state index contributed by atoms with van der Waals surface area (Å²) in [6, 6.07) is 8.10. The van der Waals surface area contributed by atoms with Gasteiger partial charge < -0.3 is 9.64 Å². The first kappa shape index (κ1) is 22.1. The third kappa shape index (κ3) is 3.49. The molecule has 35 heavy (non-hydrogen) atoms. The van der Waals surface area contributed by atoms with Gasteiger partial charge in [0.1, 0.15) is 17.4 Å². The van der Waals surface area contributed by atoms with E-state index in [0.717, 1.165) is 11.6 Å². The second-order valence-corrected chi connectivity index (χ2v) is 9.36. The van der Waals surface area contributed by atoms with E-state index < -0.39 is 23.5 Å². The first-order valence-electron chi connectivity index (χ1n) is 11.7. The molecule has 1 aliphatic heterocycles. The summed E-state index contributed by atoms with van der Waals surface area (Å²) in [4.78, 5) is 6.40. The van der Waals surface area contributed by atoms with Crippen molar-refractivity contribution in [1.29, 1.82) is 0 Å². The van der Waals surface area contributed by atoms with Crippen molar-refractivity contribution in [3.8, 4) is 5.75 Å². The number of alkyl halides is 2. The van der Waals surface area contributed by atoms with Crippen LogP contribution >= 0.6 is 0 Å². The maximum atomic E-state index is 15.3. The predicted molar refractivity (Wildman–Crippen MR) is 122 cm³/mol. The van der Waals surface area contributed by atoms with E-state index in [-0.39, 0.29) is 17.0 Å². The van der Waals surface area contributed by atoms with E-state index in [4.69, 9.17) is 4.74 Å². The van der Waals surface area contributed by atoms with Gasteiger partial charge in [-0.15, -0.1) is 10.2 Å². The Hall–Kier alpha value is -3.43. The van der Waals surface area contributed by atoms with Crippen LogP contribution in [-0.4, -0.2) is 39.2 Å². The molecule has 2 aliphatic rings. The summed E-state index contributed by atoms with van der Waals surface area (Å²) in [5, 5.41) is 8.19. The molecular weight excluding hydrogens is 462 g/mol. The number of hydrogen-bond donors (Lipinski definition) is 0. The van der Waals surface area contributed by atoms with Crippen molar-refractivity contribution in [3.05, 3.63) is 53.4 Å². The zero-order valence-electron chi connectivity index (χ0n) is 19.1. The lowest BCUT2D eigenvalue weighted by Gasteiger charge is -2.26. The minimum Gasteiger partial charge on any atom is -0.491 e. The molecule has 0 N–H and O–H groups in total. The van der Waals surface area contributed by atoms with Gasteiger partial charge in [-0.2, -0.15) is 4.98 Å². The van der Waals surface area contributed by atoms with Crippen molar-refractivity contribution in [3.63, 3.8) is 0 Å². The van der Waals surface area contributed by atoms with Crippen molar-refractivity contribution in [1.82, 2.24) is 19.6 Å². The molecule has 1 saturated carbocycles. The number of nitrogens with zero attached hydrogens (tertiary/aromatic N) is 5. The molecule has 0 amide bonds. The summed E-state index contributed by atoms with van der Waals surface area (Å²) in [7, 11) is 0. The summed E-state index contributed by atoms with van der Waals surface area (Å²) in [5.41, 5.74) is 0.959. The first-order chi connectivity index (χ1) is 16.9. The Labute approximate surface area is 198 Å². The smallest absolute Gasteiger partial charge is 0.257 e. The molecule has 4 aromatic rings. The number of anilines is 2. The first-order valence-corrected chi connectivity index (χ1v) is 11.7. The molecule has 0 spiro atoms. The fraction of sp³-hybridized carbons (Fsp3) is 0.400. The highest BCUT2D eigenvalue weighted by atomic mass is 19.3. The second-order valence-electron chi connectivity index (χ2n) is 9.36. The lowest BCUT2D eigenvalue weighted by Crippen LogP contribution is -2.21. The van der Waals surface area contributed by atoms with Gasteiger partial charge in [-0.3, -0.25) is 4.40 Å². The lowest BCUT2D eigenvalue weighted by molar-refractivity contribution is 0.0565. The van der Waals surface area contributed by atoms with Gasteiger partial charge in [0.2, 0.25) is 6.43 Å². The van der Waals surface area contributed by atoms with Crippen LogP contribution in [0.4, 0.5) is 29.1 Å². The normalized spacial score (nSPS) is 17.0. The molecule has 0 bridgehead atoms. The summed E-state index contributed by atoms with van der Waals surface area (Å²) in [6.07, 6.45) is 0.147. The van der Waals surface area contributed by atoms with Crippen LogP contribution in [0.5, 0.6) is 5.75 Å². The molecule has 10 heteroatoms. The van der Waals surface area contributed by atoms with Crippen molar-refractivity contribution >= 4 is 28.2 Å². The Balaban J connectivity index is 1.50. The molecule has 182 valence electrons. The summed E-state index contributed by atoms with van der Waals surface area (Å²) >= 11 is 0. The van der Waals surface area contributed by atoms with Crippen LogP contribution < -0.4 is 9.64 Å². The number of fused-ring (bicyclic) bond motifs is 4. The van der Waals surface area contributed by atoms with Crippen LogP contribution in [0.1, 0.15) is 37.1 Å². The Morgan fingerprint density at radius 1 is 1.11 bits per heavy atom. The van der Waals surface area contributed by atoms with Crippen molar-refractivity contribution in [2.24, 2.45) is 5.41 Å². The lowest BCUT2D eigenvalue weighted by atomic mass is 9.96. The van der Waals surface area contributed by atoms with Gasteiger partial charge in [-0.05, 0) is 62.8 Å². The average molecular weight is 485 g/mol. The number of para-hydroxylation sites is 1. The zero-order chi connectivity index (χ0) is 24.3. The van der Waals surface area contributed by atoms with Gasteiger partial charge in [0, 0.05) is 12.0 Å². The van der Waals surface area contributed by atoms with Crippen molar-refractivity contribution < 1.29 is 22.3 Å². The third-order valence-electron chi connectivity index (χ3n) is 7.19. The number of halogens is 4. The second kappa shape index (κ2) is 8.07. The number of rotatable bonds is 5. The van der Waals surface area contributed by atoms with E-state index >= 15 is 4.39 Å². The number of aromatic nitrogens is 4. The molecule has 6 nitrogen and oxygen atoms in total. The number of benzene rings is 2. The van der Waals surface area contributed by atoms with Gasteiger partial charge in [0.05, 0.1) is 23.2 Å². The summed E-state index contributed by atoms with van der Waals surface area (Å²) < 4.78 is 64.3. The van der Waals surface area contributed by atoms with E-state index in [2.05, 4.69) is 15.2 Å². The van der Waals surface area contributed by atoms with Crippen LogP contribution in [0.3, 0.4) is 0 Å². The monoisotopic (exact) mass is 485 g/mol. The summed E-state index contributed by atoms with van der Waals surface area (Å²) in [5.74, 6) is -0.425. The topological polar surface area (TPSA) is 55.5 Å². The Morgan fingerprint density at radius 3 is 2.71 bits per heavy atom. The fourth-order valence-electron chi connectivity index (χ4n) is 5.00. The Kier molecular flexibility index (Phi) is 5.08. The fourth-order valence-corrected chi connectivity index (χ4v) is 5.00. The highest BCUT2D eigenvalue weighted by Crippen LogP contribution is 2.54.